The van der Waals surface area contributed by atoms with Gasteiger partial charge in [-0.25, -0.2) is 9.59 Å². The number of carbonyl (C=O) groups excluding carboxylic acids is 1. The van der Waals surface area contributed by atoms with Crippen molar-refractivity contribution in [2.75, 3.05) is 0 Å². The highest BCUT2D eigenvalue weighted by atomic mass is 32.1. The molecule has 0 aliphatic carbocycles. The van der Waals surface area contributed by atoms with Crippen molar-refractivity contribution < 1.29 is 14.7 Å². The first-order valence-electron chi connectivity index (χ1n) is 5.85. The van der Waals surface area contributed by atoms with Gasteiger partial charge >= 0.3 is 12.0 Å². The first kappa shape index (κ1) is 14.1. The zero-order valence-corrected chi connectivity index (χ0v) is 11.6. The van der Waals surface area contributed by atoms with Crippen LogP contribution in [0.25, 0.3) is 0 Å². The molecule has 2 aromatic heterocycles. The number of urea groups is 1. The lowest BCUT2D eigenvalue weighted by Crippen LogP contribution is -2.40. The van der Waals surface area contributed by atoms with E-state index in [0.717, 1.165) is 0 Å². The van der Waals surface area contributed by atoms with Crippen LogP contribution in [0.15, 0.2) is 29.8 Å². The molecule has 0 radical (unpaired) electrons. The summed E-state index contributed by atoms with van der Waals surface area (Å²) in [5.74, 6) is -1.10. The minimum atomic E-state index is -1.10. The van der Waals surface area contributed by atoms with Crippen molar-refractivity contribution in [2.24, 2.45) is 7.05 Å². The van der Waals surface area contributed by atoms with Gasteiger partial charge in [-0.1, -0.05) is 6.07 Å². The Hall–Kier alpha value is -2.35. The highest BCUT2D eigenvalue weighted by Crippen LogP contribution is 2.18. The largest absolute Gasteiger partial charge is 0.479 e. The molecular formula is C12H14N4O3S. The number of hydrogen-bond acceptors (Lipinski definition) is 4. The molecule has 0 aliphatic rings. The molecule has 0 bridgehead atoms. The van der Waals surface area contributed by atoms with Crippen LogP contribution in [0.4, 0.5) is 4.79 Å². The number of rotatable bonds is 5. The van der Waals surface area contributed by atoms with Crippen molar-refractivity contribution in [1.82, 2.24) is 20.4 Å². The SMILES string of the molecule is Cn1ccc(CNC(=O)NC(C(=O)O)c2cccs2)n1. The number of carboxylic acid groups (broad SMARTS) is 1. The number of carboxylic acids is 1. The van der Waals surface area contributed by atoms with E-state index < -0.39 is 18.0 Å². The number of hydrogen-bond donors (Lipinski definition) is 3. The van der Waals surface area contributed by atoms with Gasteiger partial charge < -0.3 is 15.7 Å². The van der Waals surface area contributed by atoms with Crippen molar-refractivity contribution in [3.05, 3.63) is 40.3 Å². The third kappa shape index (κ3) is 3.58. The van der Waals surface area contributed by atoms with Crippen LogP contribution in [0.2, 0.25) is 0 Å². The summed E-state index contributed by atoms with van der Waals surface area (Å²) in [6.07, 6.45) is 1.76. The van der Waals surface area contributed by atoms with Crippen LogP contribution in [0.5, 0.6) is 0 Å². The highest BCUT2D eigenvalue weighted by molar-refractivity contribution is 7.10. The number of amides is 2. The minimum Gasteiger partial charge on any atom is -0.479 e. The molecular weight excluding hydrogens is 280 g/mol. The third-order valence-corrected chi connectivity index (χ3v) is 3.49. The van der Waals surface area contributed by atoms with Gasteiger partial charge in [0, 0.05) is 18.1 Å². The van der Waals surface area contributed by atoms with E-state index in [-0.39, 0.29) is 6.54 Å². The van der Waals surface area contributed by atoms with Crippen LogP contribution in [0, 0.1) is 0 Å². The lowest BCUT2D eigenvalue weighted by atomic mass is 10.2. The lowest BCUT2D eigenvalue weighted by Gasteiger charge is -2.13. The zero-order chi connectivity index (χ0) is 14.5. The molecule has 106 valence electrons. The maximum Gasteiger partial charge on any atom is 0.331 e. The Morgan fingerprint density at radius 3 is 2.85 bits per heavy atom. The van der Waals surface area contributed by atoms with E-state index in [1.807, 2.05) is 0 Å². The molecule has 8 heteroatoms. The molecule has 3 N–H and O–H groups in total. The van der Waals surface area contributed by atoms with E-state index in [4.69, 9.17) is 5.11 Å². The van der Waals surface area contributed by atoms with Crippen LogP contribution < -0.4 is 10.6 Å². The highest BCUT2D eigenvalue weighted by Gasteiger charge is 2.22. The van der Waals surface area contributed by atoms with E-state index in [2.05, 4.69) is 15.7 Å². The predicted octanol–water partition coefficient (Wildman–Crippen LogP) is 1.11. The van der Waals surface area contributed by atoms with Gasteiger partial charge in [-0.05, 0) is 17.5 Å². The summed E-state index contributed by atoms with van der Waals surface area (Å²) in [7, 11) is 1.78. The van der Waals surface area contributed by atoms with Crippen LogP contribution >= 0.6 is 11.3 Å². The number of aromatic nitrogens is 2. The molecule has 0 aliphatic heterocycles. The molecule has 0 aromatic carbocycles. The topological polar surface area (TPSA) is 96.2 Å². The van der Waals surface area contributed by atoms with Crippen molar-refractivity contribution in [3.8, 4) is 0 Å². The smallest absolute Gasteiger partial charge is 0.331 e. The summed E-state index contributed by atoms with van der Waals surface area (Å²) in [4.78, 5) is 23.5. The maximum atomic E-state index is 11.7. The van der Waals surface area contributed by atoms with Gasteiger partial charge in [0.15, 0.2) is 6.04 Å². The Morgan fingerprint density at radius 2 is 2.30 bits per heavy atom. The third-order valence-electron chi connectivity index (χ3n) is 2.55. The summed E-state index contributed by atoms with van der Waals surface area (Å²) >= 11 is 1.28. The lowest BCUT2D eigenvalue weighted by molar-refractivity contribution is -0.139. The average molecular weight is 294 g/mol. The number of aliphatic carboxylic acids is 1. The fourth-order valence-corrected chi connectivity index (χ4v) is 2.39. The molecule has 20 heavy (non-hydrogen) atoms. The van der Waals surface area contributed by atoms with Crippen LogP contribution in [0.3, 0.4) is 0 Å². The molecule has 0 spiro atoms. The summed E-state index contributed by atoms with van der Waals surface area (Å²) in [5.41, 5.74) is 0.700. The van der Waals surface area contributed by atoms with Crippen molar-refractivity contribution in [2.45, 2.75) is 12.6 Å². The van der Waals surface area contributed by atoms with Crippen molar-refractivity contribution in [1.29, 1.82) is 0 Å². The Labute approximate surface area is 119 Å². The first-order chi connectivity index (χ1) is 9.56. The van der Waals surface area contributed by atoms with Crippen LogP contribution in [-0.4, -0.2) is 26.9 Å². The Morgan fingerprint density at radius 1 is 1.50 bits per heavy atom. The second kappa shape index (κ2) is 6.20. The molecule has 0 saturated heterocycles. The van der Waals surface area contributed by atoms with Gasteiger partial charge in [-0.15, -0.1) is 11.3 Å². The van der Waals surface area contributed by atoms with Gasteiger partial charge in [-0.3, -0.25) is 4.68 Å². The molecule has 2 aromatic rings. The van der Waals surface area contributed by atoms with Crippen molar-refractivity contribution in [3.63, 3.8) is 0 Å². The molecule has 0 saturated carbocycles. The van der Waals surface area contributed by atoms with E-state index in [9.17, 15) is 9.59 Å². The van der Waals surface area contributed by atoms with Crippen molar-refractivity contribution >= 4 is 23.3 Å². The number of thiophene rings is 1. The Bertz CT molecular complexity index is 594. The number of nitrogens with one attached hydrogen (secondary N) is 2. The summed E-state index contributed by atoms with van der Waals surface area (Å²) in [5, 5.41) is 20.0. The molecule has 0 fully saturated rings. The number of nitrogens with zero attached hydrogens (tertiary/aromatic N) is 2. The van der Waals surface area contributed by atoms with E-state index in [1.165, 1.54) is 11.3 Å². The molecule has 2 rings (SSSR count). The van der Waals surface area contributed by atoms with E-state index in [0.29, 0.717) is 10.6 Å². The first-order valence-corrected chi connectivity index (χ1v) is 6.73. The van der Waals surface area contributed by atoms with Gasteiger partial charge in [0.25, 0.3) is 0 Å². The zero-order valence-electron chi connectivity index (χ0n) is 10.7. The normalized spacial score (nSPS) is 11.8. The van der Waals surface area contributed by atoms with Gasteiger partial charge in [-0.2, -0.15) is 5.10 Å². The van der Waals surface area contributed by atoms with Crippen LogP contribution in [-0.2, 0) is 18.4 Å². The Kier molecular flexibility index (Phi) is 4.36. The summed E-state index contributed by atoms with van der Waals surface area (Å²) in [6, 6.07) is 3.59. The van der Waals surface area contributed by atoms with Crippen LogP contribution in [0.1, 0.15) is 16.6 Å². The van der Waals surface area contributed by atoms with Gasteiger partial charge in [0.1, 0.15) is 0 Å². The standard InChI is InChI=1S/C12H14N4O3S/c1-16-5-4-8(15-16)7-13-12(19)14-10(11(17)18)9-3-2-6-20-9/h2-6,10H,7H2,1H3,(H,17,18)(H2,13,14,19). The van der Waals surface area contributed by atoms with Gasteiger partial charge in [0.2, 0.25) is 0 Å². The number of carbonyl (C=O) groups is 2. The molecule has 2 amide bonds. The molecule has 7 nitrogen and oxygen atoms in total. The van der Waals surface area contributed by atoms with E-state index in [1.54, 1.807) is 41.5 Å². The predicted molar refractivity (Wildman–Crippen MR) is 73.3 cm³/mol. The second-order valence-corrected chi connectivity index (χ2v) is 5.07. The quantitative estimate of drug-likeness (QED) is 0.769. The minimum absolute atomic E-state index is 0.240. The molecule has 1 unspecified atom stereocenters. The monoisotopic (exact) mass is 294 g/mol. The summed E-state index contributed by atoms with van der Waals surface area (Å²) < 4.78 is 1.63. The summed E-state index contributed by atoms with van der Waals surface area (Å²) in [6.45, 7) is 0.240. The fraction of sp³-hybridized carbons (Fsp3) is 0.250. The Balaban J connectivity index is 1.90. The maximum absolute atomic E-state index is 11.7. The molecule has 1 atom stereocenters. The number of aryl methyl sites for hydroxylation is 1. The molecule has 2 heterocycles. The second-order valence-electron chi connectivity index (χ2n) is 4.09. The fourth-order valence-electron chi connectivity index (χ4n) is 1.62. The van der Waals surface area contributed by atoms with E-state index >= 15 is 0 Å². The average Bonchev–Trinajstić information content (AvgIpc) is 3.04. The van der Waals surface area contributed by atoms with Gasteiger partial charge in [0.05, 0.1) is 12.2 Å².